The Morgan fingerprint density at radius 3 is 2.76 bits per heavy atom. The number of para-hydroxylation sites is 1. The van der Waals surface area contributed by atoms with Gasteiger partial charge in [0.15, 0.2) is 0 Å². The first-order valence-corrected chi connectivity index (χ1v) is 8.24. The highest BCUT2D eigenvalue weighted by atomic mass is 35.5. The van der Waals surface area contributed by atoms with Gasteiger partial charge in [-0.15, -0.1) is 0 Å². The Balaban J connectivity index is 1.94. The van der Waals surface area contributed by atoms with Crippen LogP contribution < -0.4 is 5.32 Å². The lowest BCUT2D eigenvalue weighted by Crippen LogP contribution is -2.27. The number of hydrogen-bond donors (Lipinski definition) is 1. The van der Waals surface area contributed by atoms with Crippen LogP contribution in [0.4, 0.5) is 0 Å². The Labute approximate surface area is 151 Å². The molecule has 0 aliphatic heterocycles. The van der Waals surface area contributed by atoms with E-state index in [1.807, 2.05) is 38.1 Å². The second-order valence-corrected chi connectivity index (χ2v) is 6.28. The minimum Gasteiger partial charge on any atom is -0.345 e. The van der Waals surface area contributed by atoms with Gasteiger partial charge in [-0.3, -0.25) is 4.79 Å². The molecule has 5 heteroatoms. The average Bonchev–Trinajstić information content (AvgIpc) is 2.61. The second-order valence-electron chi connectivity index (χ2n) is 5.89. The molecule has 4 nitrogen and oxygen atoms in total. The maximum absolute atomic E-state index is 12.7. The molecule has 3 rings (SSSR count). The number of pyridine rings is 1. The van der Waals surface area contributed by atoms with Crippen LogP contribution in [-0.4, -0.2) is 10.9 Å². The number of benzene rings is 2. The molecular weight excluding hydrogens is 334 g/mol. The van der Waals surface area contributed by atoms with Crippen LogP contribution in [0.15, 0.2) is 48.5 Å². The summed E-state index contributed by atoms with van der Waals surface area (Å²) in [6.45, 7) is 3.75. The third kappa shape index (κ3) is 3.47. The molecule has 1 amide bonds. The first kappa shape index (κ1) is 16.9. The number of aryl methyl sites for hydroxylation is 1. The molecule has 0 saturated heterocycles. The highest BCUT2D eigenvalue weighted by Crippen LogP contribution is 2.26. The Bertz CT molecular complexity index is 1010. The van der Waals surface area contributed by atoms with E-state index in [-0.39, 0.29) is 11.9 Å². The van der Waals surface area contributed by atoms with E-state index in [4.69, 9.17) is 16.9 Å². The van der Waals surface area contributed by atoms with Crippen molar-refractivity contribution >= 4 is 28.4 Å². The molecule has 124 valence electrons. The van der Waals surface area contributed by atoms with E-state index in [0.717, 1.165) is 22.0 Å². The highest BCUT2D eigenvalue weighted by Gasteiger charge is 2.17. The fourth-order valence-electron chi connectivity index (χ4n) is 2.82. The van der Waals surface area contributed by atoms with Gasteiger partial charge in [0.25, 0.3) is 5.91 Å². The maximum atomic E-state index is 12.7. The number of carbonyl (C=O) groups is 1. The van der Waals surface area contributed by atoms with Crippen LogP contribution in [0.5, 0.6) is 0 Å². The van der Waals surface area contributed by atoms with Crippen molar-refractivity contribution in [2.24, 2.45) is 0 Å². The van der Waals surface area contributed by atoms with Gasteiger partial charge in [-0.2, -0.15) is 5.26 Å². The Kier molecular flexibility index (Phi) is 4.69. The lowest BCUT2D eigenvalue weighted by atomic mass is 10.0. The zero-order valence-electron chi connectivity index (χ0n) is 13.9. The van der Waals surface area contributed by atoms with Crippen molar-refractivity contribution in [1.82, 2.24) is 10.3 Å². The Morgan fingerprint density at radius 2 is 2.00 bits per heavy atom. The summed E-state index contributed by atoms with van der Waals surface area (Å²) in [7, 11) is 0. The van der Waals surface area contributed by atoms with Crippen LogP contribution in [0.3, 0.4) is 0 Å². The number of aromatic nitrogens is 1. The highest BCUT2D eigenvalue weighted by molar-refractivity contribution is 6.30. The summed E-state index contributed by atoms with van der Waals surface area (Å²) in [5, 5.41) is 13.4. The largest absolute Gasteiger partial charge is 0.345 e. The molecule has 0 saturated carbocycles. The van der Waals surface area contributed by atoms with Crippen LogP contribution in [0.2, 0.25) is 5.15 Å². The number of hydrogen-bond acceptors (Lipinski definition) is 3. The zero-order chi connectivity index (χ0) is 18.0. The van der Waals surface area contributed by atoms with Gasteiger partial charge >= 0.3 is 0 Å². The number of carbonyl (C=O) groups excluding carboxylic acids is 1. The van der Waals surface area contributed by atoms with Gasteiger partial charge in [-0.1, -0.05) is 35.9 Å². The molecule has 3 aromatic rings. The molecule has 1 heterocycles. The summed E-state index contributed by atoms with van der Waals surface area (Å²) in [4.78, 5) is 17.0. The van der Waals surface area contributed by atoms with Crippen LogP contribution in [0.25, 0.3) is 10.9 Å². The van der Waals surface area contributed by atoms with E-state index in [9.17, 15) is 4.79 Å². The SMILES string of the molecule is Cc1ccc(C#N)cc1C(=O)NC(C)c1cc(Cl)nc2ccccc12. The number of nitrogens with one attached hydrogen (secondary N) is 1. The number of amides is 1. The van der Waals surface area contributed by atoms with Gasteiger partial charge in [0.05, 0.1) is 23.2 Å². The summed E-state index contributed by atoms with van der Waals surface area (Å²) in [6.07, 6.45) is 0. The van der Waals surface area contributed by atoms with Gasteiger partial charge in [-0.25, -0.2) is 4.98 Å². The molecule has 1 N–H and O–H groups in total. The summed E-state index contributed by atoms with van der Waals surface area (Å²) >= 11 is 6.13. The third-order valence-corrected chi connectivity index (χ3v) is 4.34. The topological polar surface area (TPSA) is 65.8 Å². The van der Waals surface area contributed by atoms with Gasteiger partial charge in [0, 0.05) is 10.9 Å². The van der Waals surface area contributed by atoms with Crippen molar-refractivity contribution in [2.75, 3.05) is 0 Å². The van der Waals surface area contributed by atoms with Crippen LogP contribution in [0.1, 0.15) is 40.0 Å². The smallest absolute Gasteiger partial charge is 0.252 e. The summed E-state index contributed by atoms with van der Waals surface area (Å²) in [5.74, 6) is -0.223. The van der Waals surface area contributed by atoms with Crippen LogP contribution in [-0.2, 0) is 0 Å². The first-order valence-electron chi connectivity index (χ1n) is 7.86. The molecule has 0 aliphatic rings. The molecular formula is C20H16ClN3O. The van der Waals surface area contributed by atoms with Gasteiger partial charge in [-0.05, 0) is 49.2 Å². The quantitative estimate of drug-likeness (QED) is 0.705. The molecule has 1 unspecified atom stereocenters. The minimum absolute atomic E-state index is 0.223. The van der Waals surface area contributed by atoms with Crippen LogP contribution >= 0.6 is 11.6 Å². The predicted molar refractivity (Wildman–Crippen MR) is 98.5 cm³/mol. The number of nitrogens with zero attached hydrogens (tertiary/aromatic N) is 2. The molecule has 1 atom stereocenters. The van der Waals surface area contributed by atoms with Crippen LogP contribution in [0, 0.1) is 18.3 Å². The van der Waals surface area contributed by atoms with Crippen molar-refractivity contribution in [1.29, 1.82) is 5.26 Å². The van der Waals surface area contributed by atoms with Crippen molar-refractivity contribution in [3.05, 3.63) is 75.9 Å². The monoisotopic (exact) mass is 349 g/mol. The van der Waals surface area contributed by atoms with E-state index < -0.39 is 0 Å². The van der Waals surface area contributed by atoms with E-state index in [0.29, 0.717) is 16.3 Å². The van der Waals surface area contributed by atoms with Gasteiger partial charge in [0.2, 0.25) is 0 Å². The van der Waals surface area contributed by atoms with E-state index in [2.05, 4.69) is 16.4 Å². The van der Waals surface area contributed by atoms with E-state index in [1.54, 1.807) is 24.3 Å². The summed E-state index contributed by atoms with van der Waals surface area (Å²) < 4.78 is 0. The first-order chi connectivity index (χ1) is 12.0. The standard InChI is InChI=1S/C20H16ClN3O/c1-12-7-8-14(11-22)9-16(12)20(25)23-13(2)17-10-19(21)24-18-6-4-3-5-15(17)18/h3-10,13H,1-2H3,(H,23,25). The maximum Gasteiger partial charge on any atom is 0.252 e. The minimum atomic E-state index is -0.261. The molecule has 2 aromatic carbocycles. The van der Waals surface area contributed by atoms with Crippen molar-refractivity contribution in [3.63, 3.8) is 0 Å². The molecule has 0 bridgehead atoms. The summed E-state index contributed by atoms with van der Waals surface area (Å²) in [5.41, 5.74) is 3.46. The zero-order valence-corrected chi connectivity index (χ0v) is 14.6. The average molecular weight is 350 g/mol. The van der Waals surface area contributed by atoms with Gasteiger partial charge in [0.1, 0.15) is 5.15 Å². The number of halogens is 1. The summed E-state index contributed by atoms with van der Waals surface area (Å²) in [6, 6.07) is 16.3. The fourth-order valence-corrected chi connectivity index (χ4v) is 3.02. The molecule has 0 fully saturated rings. The van der Waals surface area contributed by atoms with Crippen molar-refractivity contribution < 1.29 is 4.79 Å². The number of nitriles is 1. The third-order valence-electron chi connectivity index (χ3n) is 4.14. The van der Waals surface area contributed by atoms with E-state index >= 15 is 0 Å². The number of rotatable bonds is 3. The number of fused-ring (bicyclic) bond motifs is 1. The predicted octanol–water partition coefficient (Wildman–Crippen LogP) is 4.56. The Hall–Kier alpha value is -2.90. The lowest BCUT2D eigenvalue weighted by Gasteiger charge is -2.17. The lowest BCUT2D eigenvalue weighted by molar-refractivity contribution is 0.0939. The molecule has 0 aliphatic carbocycles. The fraction of sp³-hybridized carbons (Fsp3) is 0.150. The van der Waals surface area contributed by atoms with Crippen molar-refractivity contribution in [2.45, 2.75) is 19.9 Å². The Morgan fingerprint density at radius 1 is 1.24 bits per heavy atom. The van der Waals surface area contributed by atoms with E-state index in [1.165, 1.54) is 0 Å². The molecule has 0 radical (unpaired) electrons. The molecule has 1 aromatic heterocycles. The van der Waals surface area contributed by atoms with Gasteiger partial charge < -0.3 is 5.32 Å². The molecule has 25 heavy (non-hydrogen) atoms. The molecule has 0 spiro atoms. The van der Waals surface area contributed by atoms with Crippen molar-refractivity contribution in [3.8, 4) is 6.07 Å². The second kappa shape index (κ2) is 6.92. The normalized spacial score (nSPS) is 11.8.